The third-order valence-corrected chi connectivity index (χ3v) is 4.45. The smallest absolute Gasteiger partial charge is 0.341 e. The summed E-state index contributed by atoms with van der Waals surface area (Å²) in [5.74, 6) is 0.155. The van der Waals surface area contributed by atoms with Gasteiger partial charge in [0.1, 0.15) is 5.00 Å². The van der Waals surface area contributed by atoms with Gasteiger partial charge in [-0.05, 0) is 37.7 Å². The van der Waals surface area contributed by atoms with Crippen LogP contribution in [-0.2, 0) is 22.4 Å². The molecule has 0 radical (unpaired) electrons. The van der Waals surface area contributed by atoms with Gasteiger partial charge in [-0.1, -0.05) is 6.92 Å². The quantitative estimate of drug-likeness (QED) is 0.866. The van der Waals surface area contributed by atoms with Gasteiger partial charge in [-0.3, -0.25) is 4.79 Å². The Morgan fingerprint density at radius 2 is 2.21 bits per heavy atom. The normalized spacial score (nSPS) is 17.7. The lowest BCUT2D eigenvalue weighted by Crippen LogP contribution is -2.15. The maximum atomic E-state index is 12.1. The van der Waals surface area contributed by atoms with Gasteiger partial charge in [0, 0.05) is 11.8 Å². The molecular weight excluding hydrogens is 262 g/mol. The zero-order valence-electron chi connectivity index (χ0n) is 11.5. The van der Waals surface area contributed by atoms with Crippen LogP contribution in [0.25, 0.3) is 0 Å². The Bertz CT molecular complexity index is 507. The topological polar surface area (TPSA) is 55.4 Å². The second-order valence-corrected chi connectivity index (χ2v) is 6.06. The number of rotatable bonds is 3. The van der Waals surface area contributed by atoms with E-state index in [-0.39, 0.29) is 11.9 Å². The van der Waals surface area contributed by atoms with E-state index >= 15 is 0 Å². The van der Waals surface area contributed by atoms with E-state index in [4.69, 9.17) is 4.74 Å². The van der Waals surface area contributed by atoms with Crippen LogP contribution in [0.2, 0.25) is 0 Å². The van der Waals surface area contributed by atoms with Crippen LogP contribution in [0.4, 0.5) is 5.00 Å². The van der Waals surface area contributed by atoms with Gasteiger partial charge in [0.25, 0.3) is 0 Å². The Morgan fingerprint density at radius 1 is 1.47 bits per heavy atom. The van der Waals surface area contributed by atoms with Crippen molar-refractivity contribution in [2.45, 2.75) is 40.0 Å². The van der Waals surface area contributed by atoms with E-state index in [0.29, 0.717) is 23.1 Å². The van der Waals surface area contributed by atoms with Crippen LogP contribution in [0.15, 0.2) is 0 Å². The van der Waals surface area contributed by atoms with Crippen molar-refractivity contribution in [3.05, 3.63) is 16.0 Å². The Kier molecular flexibility index (Phi) is 4.24. The van der Waals surface area contributed by atoms with Crippen LogP contribution in [0.5, 0.6) is 0 Å². The van der Waals surface area contributed by atoms with Crippen molar-refractivity contribution in [3.63, 3.8) is 0 Å². The molecule has 0 aromatic carbocycles. The van der Waals surface area contributed by atoms with Crippen LogP contribution in [0.3, 0.4) is 0 Å². The number of carbonyl (C=O) groups is 2. The fraction of sp³-hybridized carbons (Fsp3) is 0.571. The van der Waals surface area contributed by atoms with Crippen LogP contribution in [-0.4, -0.2) is 18.5 Å². The predicted octanol–water partition coefficient (Wildman–Crippen LogP) is 3.01. The summed E-state index contributed by atoms with van der Waals surface area (Å²) in [7, 11) is 0. The van der Waals surface area contributed by atoms with Crippen LogP contribution < -0.4 is 5.32 Å². The van der Waals surface area contributed by atoms with Crippen molar-refractivity contribution in [2.24, 2.45) is 5.92 Å². The molecule has 2 rings (SSSR count). The summed E-state index contributed by atoms with van der Waals surface area (Å²) >= 11 is 1.52. The van der Waals surface area contributed by atoms with Gasteiger partial charge in [0.2, 0.25) is 5.91 Å². The lowest BCUT2D eigenvalue weighted by Gasteiger charge is -2.18. The molecule has 104 valence electrons. The van der Waals surface area contributed by atoms with Gasteiger partial charge in [0.05, 0.1) is 12.2 Å². The summed E-state index contributed by atoms with van der Waals surface area (Å²) in [6.07, 6.45) is 2.95. The predicted molar refractivity (Wildman–Crippen MR) is 75.8 cm³/mol. The summed E-state index contributed by atoms with van der Waals surface area (Å²) in [4.78, 5) is 24.6. The standard InChI is InChI=1S/C14H19NO3S/c1-4-18-14(17)12-10-6-5-8(2)7-11(10)19-13(12)15-9(3)16/h8H,4-7H2,1-3H3,(H,15,16)/t8-/m1/s1. The summed E-state index contributed by atoms with van der Waals surface area (Å²) in [5, 5.41) is 3.41. The largest absolute Gasteiger partial charge is 0.462 e. The number of ether oxygens (including phenoxy) is 1. The highest BCUT2D eigenvalue weighted by Crippen LogP contribution is 2.39. The highest BCUT2D eigenvalue weighted by Gasteiger charge is 2.28. The molecule has 0 spiro atoms. The first-order chi connectivity index (χ1) is 9.02. The van der Waals surface area contributed by atoms with E-state index in [1.165, 1.54) is 23.1 Å². The van der Waals surface area contributed by atoms with E-state index in [1.54, 1.807) is 6.92 Å². The number of carbonyl (C=O) groups excluding carboxylic acids is 2. The van der Waals surface area contributed by atoms with Gasteiger partial charge in [-0.25, -0.2) is 4.79 Å². The average Bonchev–Trinajstić information content (AvgIpc) is 2.65. The number of hydrogen-bond donors (Lipinski definition) is 1. The van der Waals surface area contributed by atoms with Gasteiger partial charge in [-0.15, -0.1) is 11.3 Å². The molecule has 19 heavy (non-hydrogen) atoms. The molecule has 1 aromatic rings. The summed E-state index contributed by atoms with van der Waals surface area (Å²) in [6, 6.07) is 0. The van der Waals surface area contributed by atoms with Crippen LogP contribution in [0.1, 0.15) is 48.0 Å². The fourth-order valence-corrected chi connectivity index (χ4v) is 3.86. The molecule has 0 saturated heterocycles. The van der Waals surface area contributed by atoms with Crippen molar-refractivity contribution >= 4 is 28.2 Å². The Hall–Kier alpha value is -1.36. The first kappa shape index (κ1) is 14.1. The molecule has 0 bridgehead atoms. The number of thiophene rings is 1. The van der Waals surface area contributed by atoms with E-state index in [0.717, 1.165) is 24.8 Å². The van der Waals surface area contributed by atoms with Crippen LogP contribution in [0, 0.1) is 5.92 Å². The molecule has 1 aliphatic rings. The molecular formula is C14H19NO3S. The Balaban J connectivity index is 2.41. The van der Waals surface area contributed by atoms with E-state index < -0.39 is 0 Å². The number of nitrogens with one attached hydrogen (secondary N) is 1. The van der Waals surface area contributed by atoms with Crippen LogP contribution >= 0.6 is 11.3 Å². The monoisotopic (exact) mass is 281 g/mol. The molecule has 1 amide bonds. The third kappa shape index (κ3) is 2.97. The number of anilines is 1. The molecule has 1 heterocycles. The molecule has 0 aliphatic heterocycles. The average molecular weight is 281 g/mol. The molecule has 4 nitrogen and oxygen atoms in total. The highest BCUT2D eigenvalue weighted by atomic mass is 32.1. The Morgan fingerprint density at radius 3 is 2.84 bits per heavy atom. The molecule has 1 atom stereocenters. The lowest BCUT2D eigenvalue weighted by molar-refractivity contribution is -0.114. The second-order valence-electron chi connectivity index (χ2n) is 4.96. The van der Waals surface area contributed by atoms with Gasteiger partial charge < -0.3 is 10.1 Å². The molecule has 1 N–H and O–H groups in total. The third-order valence-electron chi connectivity index (χ3n) is 3.28. The molecule has 0 saturated carbocycles. The Labute approximate surface area is 117 Å². The maximum absolute atomic E-state index is 12.1. The van der Waals surface area contributed by atoms with Crippen molar-refractivity contribution < 1.29 is 14.3 Å². The van der Waals surface area contributed by atoms with E-state index in [9.17, 15) is 9.59 Å². The first-order valence-corrected chi connectivity index (χ1v) is 7.43. The lowest BCUT2D eigenvalue weighted by atomic mass is 9.88. The number of esters is 1. The number of hydrogen-bond acceptors (Lipinski definition) is 4. The van der Waals surface area contributed by atoms with Crippen molar-refractivity contribution in [3.8, 4) is 0 Å². The minimum absolute atomic E-state index is 0.155. The molecule has 0 unspecified atom stereocenters. The van der Waals surface area contributed by atoms with E-state index in [1.807, 2.05) is 0 Å². The molecule has 1 aromatic heterocycles. The van der Waals surface area contributed by atoms with E-state index in [2.05, 4.69) is 12.2 Å². The maximum Gasteiger partial charge on any atom is 0.341 e. The minimum atomic E-state index is -0.321. The molecule has 0 fully saturated rings. The number of amides is 1. The zero-order chi connectivity index (χ0) is 14.0. The summed E-state index contributed by atoms with van der Waals surface area (Å²) in [6.45, 7) is 5.80. The van der Waals surface area contributed by atoms with Crippen molar-refractivity contribution in [1.82, 2.24) is 0 Å². The summed E-state index contributed by atoms with van der Waals surface area (Å²) in [5.41, 5.74) is 1.65. The van der Waals surface area contributed by atoms with Crippen molar-refractivity contribution in [1.29, 1.82) is 0 Å². The molecule has 1 aliphatic carbocycles. The zero-order valence-corrected chi connectivity index (χ0v) is 12.4. The first-order valence-electron chi connectivity index (χ1n) is 6.62. The minimum Gasteiger partial charge on any atom is -0.462 e. The SMILES string of the molecule is CCOC(=O)c1c(NC(C)=O)sc2c1CC[C@@H](C)C2. The number of fused-ring (bicyclic) bond motifs is 1. The molecule has 5 heteroatoms. The summed E-state index contributed by atoms with van der Waals surface area (Å²) < 4.78 is 5.12. The van der Waals surface area contributed by atoms with Gasteiger partial charge >= 0.3 is 5.97 Å². The van der Waals surface area contributed by atoms with Gasteiger partial charge in [-0.2, -0.15) is 0 Å². The fourth-order valence-electron chi connectivity index (χ4n) is 2.42. The van der Waals surface area contributed by atoms with Crippen molar-refractivity contribution in [2.75, 3.05) is 11.9 Å². The highest BCUT2D eigenvalue weighted by molar-refractivity contribution is 7.17. The second kappa shape index (κ2) is 5.74. The van der Waals surface area contributed by atoms with Gasteiger partial charge in [0.15, 0.2) is 0 Å².